The van der Waals surface area contributed by atoms with Gasteiger partial charge in [0.1, 0.15) is 0 Å². The van der Waals surface area contributed by atoms with Crippen molar-refractivity contribution < 1.29 is 13.3 Å². The molecule has 34 heavy (non-hydrogen) atoms. The first-order chi connectivity index (χ1) is 16.2. The number of nitrogens with zero attached hydrogens (tertiary/aromatic N) is 4. The molecule has 5 rings (SSSR count). The van der Waals surface area contributed by atoms with E-state index >= 15 is 0 Å². The van der Waals surface area contributed by atoms with E-state index < -0.39 is 14.8 Å². The van der Waals surface area contributed by atoms with Gasteiger partial charge in [-0.2, -0.15) is 0 Å². The molecule has 0 bridgehead atoms. The highest BCUT2D eigenvalue weighted by molar-refractivity contribution is 7.90. The fraction of sp³-hybridized carbons (Fsp3) is 0.0833. The van der Waals surface area contributed by atoms with E-state index in [1.165, 1.54) is 18.2 Å². The molecule has 2 heterocycles. The Labute approximate surface area is 194 Å². The number of anilines is 2. The molecule has 3 aromatic carbocycles. The maximum Gasteiger partial charge on any atom is 0.271 e. The first kappa shape index (κ1) is 21.5. The summed E-state index contributed by atoms with van der Waals surface area (Å²) in [4.78, 5) is 19.6. The molecule has 10 heteroatoms. The first-order valence-electron chi connectivity index (χ1n) is 10.3. The molecule has 9 nitrogen and oxygen atoms in total. The SMILES string of the molecule is Cn1ccc2ccc(-c3cc(Nc4cc([N+](=O)[O-])ccc4S(C)(=O)=O)cc4nccnc34)cc21. The number of nitrogens with one attached hydrogen (secondary N) is 1. The van der Waals surface area contributed by atoms with Crippen LogP contribution in [0.3, 0.4) is 0 Å². The number of fused-ring (bicyclic) bond motifs is 2. The van der Waals surface area contributed by atoms with Crippen LogP contribution in [-0.4, -0.2) is 34.1 Å². The number of non-ortho nitro benzene ring substituents is 1. The lowest BCUT2D eigenvalue weighted by Gasteiger charge is -2.14. The second kappa shape index (κ2) is 7.92. The fourth-order valence-electron chi connectivity index (χ4n) is 4.01. The molecule has 0 amide bonds. The van der Waals surface area contributed by atoms with Crippen LogP contribution >= 0.6 is 0 Å². The van der Waals surface area contributed by atoms with E-state index in [0.717, 1.165) is 28.3 Å². The smallest absolute Gasteiger partial charge is 0.271 e. The van der Waals surface area contributed by atoms with E-state index in [4.69, 9.17) is 0 Å². The molecule has 0 unspecified atom stereocenters. The Morgan fingerprint density at radius 3 is 2.56 bits per heavy atom. The number of nitro benzene ring substituents is 1. The average molecular weight is 474 g/mol. The van der Waals surface area contributed by atoms with Gasteiger partial charge in [-0.3, -0.25) is 20.1 Å². The number of nitro groups is 1. The molecule has 0 spiro atoms. The van der Waals surface area contributed by atoms with Crippen molar-refractivity contribution in [3.05, 3.63) is 83.3 Å². The zero-order valence-corrected chi connectivity index (χ0v) is 19.1. The minimum Gasteiger partial charge on any atom is -0.354 e. The van der Waals surface area contributed by atoms with E-state index in [-0.39, 0.29) is 16.3 Å². The molecule has 0 fully saturated rings. The zero-order valence-electron chi connectivity index (χ0n) is 18.3. The van der Waals surface area contributed by atoms with Gasteiger partial charge in [0, 0.05) is 60.8 Å². The second-order valence-corrected chi connectivity index (χ2v) is 9.97. The molecule has 0 saturated heterocycles. The van der Waals surface area contributed by atoms with Crippen molar-refractivity contribution in [2.24, 2.45) is 7.05 Å². The number of aromatic nitrogens is 3. The standard InChI is InChI=1S/C24H19N5O4S/c1-28-10-7-15-3-4-16(11-22(15)28)19-12-17(13-21-24(19)26-9-8-25-21)27-20-14-18(29(30)31)5-6-23(20)34(2,32)33/h3-14,27H,1-2H3. The Morgan fingerprint density at radius 1 is 1.00 bits per heavy atom. The highest BCUT2D eigenvalue weighted by Crippen LogP contribution is 2.35. The van der Waals surface area contributed by atoms with Crippen LogP contribution in [0.5, 0.6) is 0 Å². The molecule has 0 radical (unpaired) electrons. The molecule has 0 atom stereocenters. The zero-order chi connectivity index (χ0) is 24.0. The van der Waals surface area contributed by atoms with Crippen LogP contribution in [-0.2, 0) is 16.9 Å². The van der Waals surface area contributed by atoms with Crippen molar-refractivity contribution in [1.29, 1.82) is 0 Å². The van der Waals surface area contributed by atoms with Crippen molar-refractivity contribution in [1.82, 2.24) is 14.5 Å². The van der Waals surface area contributed by atoms with Gasteiger partial charge in [0.05, 0.1) is 26.5 Å². The Bertz CT molecular complexity index is 1710. The third-order valence-electron chi connectivity index (χ3n) is 5.63. The third-order valence-corrected chi connectivity index (χ3v) is 6.78. The van der Waals surface area contributed by atoms with Crippen LogP contribution < -0.4 is 5.32 Å². The molecular weight excluding hydrogens is 454 g/mol. The van der Waals surface area contributed by atoms with Gasteiger partial charge in [0.25, 0.3) is 5.69 Å². The first-order valence-corrected chi connectivity index (χ1v) is 12.2. The molecule has 5 aromatic rings. The number of hydrogen-bond acceptors (Lipinski definition) is 7. The van der Waals surface area contributed by atoms with E-state index in [1.54, 1.807) is 18.5 Å². The summed E-state index contributed by atoms with van der Waals surface area (Å²) in [5.41, 5.74) is 4.46. The molecule has 0 saturated carbocycles. The average Bonchev–Trinajstić information content (AvgIpc) is 3.17. The minimum atomic E-state index is -3.64. The summed E-state index contributed by atoms with van der Waals surface area (Å²) in [6.45, 7) is 0. The number of sulfone groups is 1. The molecule has 0 aliphatic carbocycles. The normalized spacial score (nSPS) is 11.7. The maximum absolute atomic E-state index is 12.3. The van der Waals surface area contributed by atoms with Crippen molar-refractivity contribution in [3.63, 3.8) is 0 Å². The van der Waals surface area contributed by atoms with Gasteiger partial charge in [-0.1, -0.05) is 12.1 Å². The molecule has 0 aliphatic heterocycles. The molecule has 0 aliphatic rings. The fourth-order valence-corrected chi connectivity index (χ4v) is 4.83. The van der Waals surface area contributed by atoms with Crippen molar-refractivity contribution in [2.45, 2.75) is 4.90 Å². The number of aryl methyl sites for hydroxylation is 1. The van der Waals surface area contributed by atoms with Gasteiger partial charge in [-0.25, -0.2) is 8.42 Å². The Hall–Kier alpha value is -4.31. The van der Waals surface area contributed by atoms with Crippen LogP contribution in [0, 0.1) is 10.1 Å². The van der Waals surface area contributed by atoms with E-state index in [0.29, 0.717) is 16.7 Å². The Balaban J connectivity index is 1.70. The van der Waals surface area contributed by atoms with Gasteiger partial charge in [-0.15, -0.1) is 0 Å². The molecule has 2 aromatic heterocycles. The Kier molecular flexibility index (Phi) is 5.02. The third kappa shape index (κ3) is 3.84. The number of benzene rings is 3. The van der Waals surface area contributed by atoms with Crippen molar-refractivity contribution in [2.75, 3.05) is 11.6 Å². The largest absolute Gasteiger partial charge is 0.354 e. The summed E-state index contributed by atoms with van der Waals surface area (Å²) in [5.74, 6) is 0. The summed E-state index contributed by atoms with van der Waals surface area (Å²) in [5, 5.41) is 15.5. The van der Waals surface area contributed by atoms with E-state index in [9.17, 15) is 18.5 Å². The summed E-state index contributed by atoms with van der Waals surface area (Å²) >= 11 is 0. The molecule has 170 valence electrons. The topological polar surface area (TPSA) is 120 Å². The second-order valence-electron chi connectivity index (χ2n) is 7.98. The summed E-state index contributed by atoms with van der Waals surface area (Å²) < 4.78 is 26.7. The van der Waals surface area contributed by atoms with Crippen LogP contribution in [0.4, 0.5) is 17.1 Å². The van der Waals surface area contributed by atoms with Crippen molar-refractivity contribution >= 4 is 48.8 Å². The lowest BCUT2D eigenvalue weighted by atomic mass is 10.0. The summed E-state index contributed by atoms with van der Waals surface area (Å²) in [6.07, 6.45) is 6.24. The van der Waals surface area contributed by atoms with Gasteiger partial charge in [0.2, 0.25) is 0 Å². The molecular formula is C24H19N5O4S. The lowest BCUT2D eigenvalue weighted by molar-refractivity contribution is -0.384. The van der Waals surface area contributed by atoms with Crippen molar-refractivity contribution in [3.8, 4) is 11.1 Å². The summed E-state index contributed by atoms with van der Waals surface area (Å²) in [7, 11) is -1.67. The predicted octanol–water partition coefficient (Wildman–Crippen LogP) is 4.84. The maximum atomic E-state index is 12.3. The molecule has 1 N–H and O–H groups in total. The van der Waals surface area contributed by atoms with Crippen LogP contribution in [0.1, 0.15) is 0 Å². The lowest BCUT2D eigenvalue weighted by Crippen LogP contribution is -2.04. The van der Waals surface area contributed by atoms with Crippen LogP contribution in [0.25, 0.3) is 33.1 Å². The van der Waals surface area contributed by atoms with E-state index in [2.05, 4.69) is 21.4 Å². The van der Waals surface area contributed by atoms with Crippen LogP contribution in [0.2, 0.25) is 0 Å². The number of rotatable bonds is 5. The summed E-state index contributed by atoms with van der Waals surface area (Å²) in [6, 6.07) is 15.3. The van der Waals surface area contributed by atoms with Gasteiger partial charge in [-0.05, 0) is 41.3 Å². The van der Waals surface area contributed by atoms with Gasteiger partial charge in [0.15, 0.2) is 9.84 Å². The predicted molar refractivity (Wildman–Crippen MR) is 131 cm³/mol. The quantitative estimate of drug-likeness (QED) is 0.286. The highest BCUT2D eigenvalue weighted by Gasteiger charge is 2.19. The Morgan fingerprint density at radius 2 is 1.79 bits per heavy atom. The van der Waals surface area contributed by atoms with E-state index in [1.807, 2.05) is 42.1 Å². The van der Waals surface area contributed by atoms with Gasteiger partial charge < -0.3 is 9.88 Å². The minimum absolute atomic E-state index is 0.0378. The monoisotopic (exact) mass is 473 g/mol. The number of hydrogen-bond donors (Lipinski definition) is 1. The van der Waals surface area contributed by atoms with Gasteiger partial charge >= 0.3 is 0 Å². The highest BCUT2D eigenvalue weighted by atomic mass is 32.2. The van der Waals surface area contributed by atoms with Crippen LogP contribution in [0.15, 0.2) is 78.1 Å².